The van der Waals surface area contributed by atoms with Gasteiger partial charge in [0.15, 0.2) is 11.2 Å². The highest BCUT2D eigenvalue weighted by atomic mass is 19.1. The van der Waals surface area contributed by atoms with Gasteiger partial charge in [-0.1, -0.05) is 18.2 Å². The predicted molar refractivity (Wildman–Crippen MR) is 126 cm³/mol. The number of rotatable bonds is 5. The molecule has 0 radical (unpaired) electrons. The minimum atomic E-state index is -0.659. The Hall–Kier alpha value is -4.54. The van der Waals surface area contributed by atoms with E-state index in [1.54, 1.807) is 12.3 Å². The van der Waals surface area contributed by atoms with Crippen LogP contribution < -0.4 is 16.8 Å². The SMILES string of the molecule is Cn1c(=O)c2c(nc3n(Cc4ccc(F)cc4)c(=O)c(CCc4ccccn4)c(O)n23)n(C)c1=O. The number of hydrogen-bond donors (Lipinski definition) is 1. The van der Waals surface area contributed by atoms with Crippen molar-refractivity contribution in [1.82, 2.24) is 28.1 Å². The van der Waals surface area contributed by atoms with Crippen molar-refractivity contribution in [2.24, 2.45) is 14.1 Å². The van der Waals surface area contributed by atoms with Crippen molar-refractivity contribution in [3.05, 3.63) is 102 Å². The number of imidazole rings is 1. The molecular weight excluding hydrogens is 455 g/mol. The molecule has 0 unspecified atom stereocenters. The van der Waals surface area contributed by atoms with E-state index >= 15 is 0 Å². The summed E-state index contributed by atoms with van der Waals surface area (Å²) in [7, 11) is 2.79. The number of pyridine rings is 1. The number of halogens is 1. The van der Waals surface area contributed by atoms with Gasteiger partial charge < -0.3 is 5.11 Å². The Bertz CT molecular complexity index is 1770. The average molecular weight is 476 g/mol. The number of hydrogen-bond acceptors (Lipinski definition) is 6. The van der Waals surface area contributed by atoms with Gasteiger partial charge in [-0.25, -0.2) is 13.6 Å². The maximum Gasteiger partial charge on any atom is 0.332 e. The second-order valence-electron chi connectivity index (χ2n) is 8.27. The summed E-state index contributed by atoms with van der Waals surface area (Å²) in [5, 5.41) is 11.2. The van der Waals surface area contributed by atoms with Crippen molar-refractivity contribution in [3.63, 3.8) is 0 Å². The molecule has 35 heavy (non-hydrogen) atoms. The number of nitrogens with zero attached hydrogens (tertiary/aromatic N) is 6. The van der Waals surface area contributed by atoms with E-state index in [-0.39, 0.29) is 35.5 Å². The molecule has 178 valence electrons. The Morgan fingerprint density at radius 2 is 1.69 bits per heavy atom. The third-order valence-electron chi connectivity index (χ3n) is 6.08. The summed E-state index contributed by atoms with van der Waals surface area (Å²) in [6.45, 7) is 0.0110. The highest BCUT2D eigenvalue weighted by molar-refractivity contribution is 5.76. The minimum absolute atomic E-state index is 0.00767. The van der Waals surface area contributed by atoms with Crippen LogP contribution in [-0.2, 0) is 33.5 Å². The molecular formula is C24H21FN6O4. The summed E-state index contributed by atoms with van der Waals surface area (Å²) in [5.74, 6) is -0.848. The first-order valence-corrected chi connectivity index (χ1v) is 10.8. The molecule has 0 saturated carbocycles. The zero-order chi connectivity index (χ0) is 24.9. The van der Waals surface area contributed by atoms with Gasteiger partial charge in [0.1, 0.15) is 5.82 Å². The highest BCUT2D eigenvalue weighted by Gasteiger charge is 2.24. The van der Waals surface area contributed by atoms with Gasteiger partial charge in [-0.3, -0.25) is 28.3 Å². The molecule has 0 amide bonds. The van der Waals surface area contributed by atoms with Gasteiger partial charge in [0, 0.05) is 26.0 Å². The van der Waals surface area contributed by atoms with Crippen molar-refractivity contribution in [3.8, 4) is 5.88 Å². The van der Waals surface area contributed by atoms with Crippen molar-refractivity contribution in [2.75, 3.05) is 0 Å². The summed E-state index contributed by atoms with van der Waals surface area (Å²) in [6.07, 6.45) is 2.15. The predicted octanol–water partition coefficient (Wildman–Crippen LogP) is 1.12. The molecule has 1 aromatic carbocycles. The summed E-state index contributed by atoms with van der Waals surface area (Å²) in [5.41, 5.74) is -0.345. The molecule has 0 aliphatic carbocycles. The zero-order valence-corrected chi connectivity index (χ0v) is 19.0. The zero-order valence-electron chi connectivity index (χ0n) is 19.0. The largest absolute Gasteiger partial charge is 0.494 e. The first kappa shape index (κ1) is 22.3. The van der Waals surface area contributed by atoms with Crippen molar-refractivity contribution in [2.45, 2.75) is 19.4 Å². The van der Waals surface area contributed by atoms with E-state index in [1.165, 1.54) is 51.9 Å². The quantitative estimate of drug-likeness (QED) is 0.406. The highest BCUT2D eigenvalue weighted by Crippen LogP contribution is 2.23. The maximum absolute atomic E-state index is 13.6. The van der Waals surface area contributed by atoms with Crippen LogP contribution in [0.15, 0.2) is 63.0 Å². The Morgan fingerprint density at radius 1 is 0.943 bits per heavy atom. The molecule has 0 bridgehead atoms. The molecule has 4 heterocycles. The molecule has 4 aromatic heterocycles. The summed E-state index contributed by atoms with van der Waals surface area (Å²) in [4.78, 5) is 47.8. The van der Waals surface area contributed by atoms with Crippen LogP contribution in [0.25, 0.3) is 16.9 Å². The summed E-state index contributed by atoms with van der Waals surface area (Å²) in [6, 6.07) is 11.0. The van der Waals surface area contributed by atoms with Gasteiger partial charge in [0.05, 0.1) is 12.1 Å². The van der Waals surface area contributed by atoms with Crippen molar-refractivity contribution < 1.29 is 9.50 Å². The maximum atomic E-state index is 13.6. The molecule has 11 heteroatoms. The van der Waals surface area contributed by atoms with Crippen LogP contribution in [0.1, 0.15) is 16.8 Å². The molecule has 5 aromatic rings. The molecule has 0 atom stereocenters. The van der Waals surface area contributed by atoms with E-state index in [4.69, 9.17) is 0 Å². The van der Waals surface area contributed by atoms with Crippen LogP contribution in [0, 0.1) is 5.82 Å². The lowest BCUT2D eigenvalue weighted by Crippen LogP contribution is -2.37. The number of aryl methyl sites for hydroxylation is 2. The lowest BCUT2D eigenvalue weighted by molar-refractivity contribution is 0.433. The number of aromatic hydroxyl groups is 1. The van der Waals surface area contributed by atoms with Gasteiger partial charge in [0.25, 0.3) is 11.1 Å². The third-order valence-corrected chi connectivity index (χ3v) is 6.08. The van der Waals surface area contributed by atoms with Gasteiger partial charge in [-0.05, 0) is 42.7 Å². The lowest BCUT2D eigenvalue weighted by Gasteiger charge is -2.13. The molecule has 0 spiro atoms. The van der Waals surface area contributed by atoms with Crippen LogP contribution >= 0.6 is 0 Å². The number of aromatic nitrogens is 6. The third kappa shape index (κ3) is 3.61. The van der Waals surface area contributed by atoms with Crippen LogP contribution in [0.2, 0.25) is 0 Å². The standard InChI is InChI=1S/C24H21FN6O4/c1-28-19-18(22(34)29(2)24(28)35)31-21(33)17(11-10-16-5-3-4-12-26-16)20(32)30(23(31)27-19)13-14-6-8-15(25)9-7-14/h3-9,12,33H,10-11,13H2,1-2H3. The summed E-state index contributed by atoms with van der Waals surface area (Å²) >= 11 is 0. The van der Waals surface area contributed by atoms with Crippen molar-refractivity contribution >= 4 is 16.9 Å². The van der Waals surface area contributed by atoms with E-state index in [0.717, 1.165) is 10.3 Å². The fourth-order valence-electron chi connectivity index (χ4n) is 4.18. The molecule has 0 aliphatic heterocycles. The van der Waals surface area contributed by atoms with Crippen LogP contribution in [-0.4, -0.2) is 33.2 Å². The van der Waals surface area contributed by atoms with Crippen LogP contribution in [0.5, 0.6) is 5.88 Å². The molecule has 5 rings (SSSR count). The fraction of sp³-hybridized carbons (Fsp3) is 0.208. The molecule has 0 aliphatic rings. The van der Waals surface area contributed by atoms with Gasteiger partial charge >= 0.3 is 5.69 Å². The lowest BCUT2D eigenvalue weighted by atomic mass is 10.1. The number of benzene rings is 1. The smallest absolute Gasteiger partial charge is 0.332 e. The van der Waals surface area contributed by atoms with Crippen LogP contribution in [0.3, 0.4) is 0 Å². The van der Waals surface area contributed by atoms with E-state index in [0.29, 0.717) is 12.0 Å². The normalized spacial score (nSPS) is 11.5. The topological polar surface area (TPSA) is 116 Å². The average Bonchev–Trinajstić information content (AvgIpc) is 3.27. The van der Waals surface area contributed by atoms with E-state index in [1.807, 2.05) is 12.1 Å². The van der Waals surface area contributed by atoms with E-state index in [9.17, 15) is 23.9 Å². The van der Waals surface area contributed by atoms with Gasteiger partial charge in [-0.2, -0.15) is 4.98 Å². The Kier molecular flexibility index (Phi) is 5.31. The summed E-state index contributed by atoms with van der Waals surface area (Å²) < 4.78 is 18.1. The minimum Gasteiger partial charge on any atom is -0.494 e. The number of fused-ring (bicyclic) bond motifs is 3. The molecule has 0 fully saturated rings. The Labute approximate surface area is 196 Å². The van der Waals surface area contributed by atoms with E-state index < -0.39 is 28.5 Å². The molecule has 0 saturated heterocycles. The monoisotopic (exact) mass is 476 g/mol. The van der Waals surface area contributed by atoms with Crippen LogP contribution in [0.4, 0.5) is 4.39 Å². The first-order valence-electron chi connectivity index (χ1n) is 10.8. The Morgan fingerprint density at radius 3 is 2.37 bits per heavy atom. The second-order valence-corrected chi connectivity index (χ2v) is 8.27. The first-order chi connectivity index (χ1) is 16.8. The van der Waals surface area contributed by atoms with Gasteiger partial charge in [-0.15, -0.1) is 0 Å². The Balaban J connectivity index is 1.81. The fourth-order valence-corrected chi connectivity index (χ4v) is 4.18. The van der Waals surface area contributed by atoms with Crippen molar-refractivity contribution in [1.29, 1.82) is 0 Å². The van der Waals surface area contributed by atoms with Gasteiger partial charge in [0.2, 0.25) is 11.7 Å². The second kappa shape index (κ2) is 8.35. The van der Waals surface area contributed by atoms with E-state index in [2.05, 4.69) is 9.97 Å². The molecule has 10 nitrogen and oxygen atoms in total. The molecule has 1 N–H and O–H groups in total.